The highest BCUT2D eigenvalue weighted by atomic mass is 32.1. The molecule has 0 amide bonds. The summed E-state index contributed by atoms with van der Waals surface area (Å²) < 4.78 is 15.0. The second kappa shape index (κ2) is 11.4. The van der Waals surface area contributed by atoms with Gasteiger partial charge in [0.25, 0.3) is 0 Å². The van der Waals surface area contributed by atoms with E-state index in [2.05, 4.69) is 24.3 Å². The number of ether oxygens (including phenoxy) is 2. The Hall–Kier alpha value is -3.96. The molecule has 0 radical (unpaired) electrons. The van der Waals surface area contributed by atoms with Gasteiger partial charge in [-0.1, -0.05) is 78.4 Å². The number of carbonyl (C=O) groups excluding carboxylic acids is 2. The molecule has 5 heteroatoms. The fourth-order valence-corrected chi connectivity index (χ4v) is 5.91. The Bertz CT molecular complexity index is 1750. The first kappa shape index (κ1) is 29.5. The highest BCUT2D eigenvalue weighted by molar-refractivity contribution is 7.25. The van der Waals surface area contributed by atoms with E-state index in [-0.39, 0.29) is 11.9 Å². The molecule has 2 unspecified atom stereocenters. The maximum Gasteiger partial charge on any atom is 0.312 e. The van der Waals surface area contributed by atoms with Crippen LogP contribution in [0.3, 0.4) is 0 Å². The average Bonchev–Trinajstić information content (AvgIpc) is 3.32. The fraction of sp³-hybridized carbons (Fsp3) is 0.297. The van der Waals surface area contributed by atoms with Crippen LogP contribution in [-0.2, 0) is 19.1 Å². The van der Waals surface area contributed by atoms with Crippen LogP contribution >= 0.6 is 11.3 Å². The smallest absolute Gasteiger partial charge is 0.312 e. The third-order valence-electron chi connectivity index (χ3n) is 7.32. The number of aryl methyl sites for hydroxylation is 1. The third-order valence-corrected chi connectivity index (χ3v) is 8.47. The largest absolute Gasteiger partial charge is 0.452 e. The van der Waals surface area contributed by atoms with Crippen molar-refractivity contribution in [2.75, 3.05) is 0 Å². The van der Waals surface area contributed by atoms with Crippen molar-refractivity contribution in [3.8, 4) is 0 Å². The minimum atomic E-state index is -0.711. The molecular weight excluding hydrogens is 540 g/mol. The van der Waals surface area contributed by atoms with Crippen LogP contribution in [0, 0.1) is 17.8 Å². The lowest BCUT2D eigenvalue weighted by atomic mass is 9.89. The van der Waals surface area contributed by atoms with E-state index in [1.807, 2.05) is 115 Å². The Morgan fingerprint density at radius 3 is 1.64 bits per heavy atom. The van der Waals surface area contributed by atoms with Crippen molar-refractivity contribution in [1.82, 2.24) is 0 Å². The molecule has 0 spiro atoms. The minimum absolute atomic E-state index is 0.308. The molecule has 0 saturated heterocycles. The number of fused-ring (bicyclic) bond motifs is 3. The molecular formula is C37H38O4S. The van der Waals surface area contributed by atoms with Crippen LogP contribution in [0.15, 0.2) is 91.0 Å². The molecule has 42 heavy (non-hydrogen) atoms. The SMILES string of the molecule is Cc1ccc(C(OC(=O)C(C)(C)C)c2ccccc2C(OC(=O)C(C)(C)C)c2ccc3sc4ccccc4c3c2)cc1. The fourth-order valence-electron chi connectivity index (χ4n) is 4.83. The maximum atomic E-state index is 13.4. The second-order valence-electron chi connectivity index (χ2n) is 13.0. The van der Waals surface area contributed by atoms with Crippen LogP contribution in [-0.4, -0.2) is 11.9 Å². The van der Waals surface area contributed by atoms with E-state index in [1.165, 1.54) is 14.8 Å². The third kappa shape index (κ3) is 6.12. The highest BCUT2D eigenvalue weighted by Crippen LogP contribution is 2.41. The molecule has 1 aromatic heterocycles. The zero-order valence-electron chi connectivity index (χ0n) is 25.4. The van der Waals surface area contributed by atoms with Gasteiger partial charge in [-0.15, -0.1) is 11.3 Å². The van der Waals surface area contributed by atoms with E-state index in [0.29, 0.717) is 0 Å². The van der Waals surface area contributed by atoms with Gasteiger partial charge < -0.3 is 9.47 Å². The maximum absolute atomic E-state index is 13.4. The van der Waals surface area contributed by atoms with Crippen molar-refractivity contribution in [2.24, 2.45) is 10.8 Å². The topological polar surface area (TPSA) is 52.6 Å². The summed E-state index contributed by atoms with van der Waals surface area (Å²) in [6.07, 6.45) is -1.40. The van der Waals surface area contributed by atoms with Gasteiger partial charge in [0.1, 0.15) is 0 Å². The standard InChI is InChI=1S/C37H38O4S/c1-23-16-18-24(19-17-23)32(40-34(38)36(2,3)4)27-13-8-9-14-28(27)33(41-35(39)37(5,6)7)25-20-21-31-29(22-25)26-12-10-11-15-30(26)42-31/h8-22,32-33H,1-7H3. The van der Waals surface area contributed by atoms with Gasteiger partial charge in [-0.05, 0) is 77.8 Å². The Labute approximate surface area is 252 Å². The van der Waals surface area contributed by atoms with E-state index in [1.54, 1.807) is 11.3 Å². The summed E-state index contributed by atoms with van der Waals surface area (Å²) in [5, 5.41) is 2.29. The molecule has 5 rings (SSSR count). The molecule has 2 atom stereocenters. The van der Waals surface area contributed by atoms with E-state index in [0.717, 1.165) is 33.2 Å². The molecule has 216 valence electrons. The zero-order valence-corrected chi connectivity index (χ0v) is 26.2. The first-order chi connectivity index (χ1) is 19.8. The van der Waals surface area contributed by atoms with Crippen molar-refractivity contribution in [1.29, 1.82) is 0 Å². The Balaban J connectivity index is 1.70. The lowest BCUT2D eigenvalue weighted by Gasteiger charge is -2.29. The van der Waals surface area contributed by atoms with Crippen molar-refractivity contribution in [3.05, 3.63) is 119 Å². The minimum Gasteiger partial charge on any atom is -0.452 e. The van der Waals surface area contributed by atoms with Crippen molar-refractivity contribution < 1.29 is 19.1 Å². The van der Waals surface area contributed by atoms with Crippen LogP contribution < -0.4 is 0 Å². The summed E-state index contributed by atoms with van der Waals surface area (Å²) in [7, 11) is 0. The van der Waals surface area contributed by atoms with Gasteiger partial charge in [-0.2, -0.15) is 0 Å². The molecule has 0 bridgehead atoms. The van der Waals surface area contributed by atoms with E-state index in [4.69, 9.17) is 9.47 Å². The van der Waals surface area contributed by atoms with Gasteiger partial charge in [0.15, 0.2) is 12.2 Å². The lowest BCUT2D eigenvalue weighted by Crippen LogP contribution is -2.28. The predicted molar refractivity (Wildman–Crippen MR) is 172 cm³/mol. The number of thiophene rings is 1. The number of carbonyl (C=O) groups is 2. The number of esters is 2. The van der Waals surface area contributed by atoms with Crippen LogP contribution in [0.1, 0.15) is 81.6 Å². The summed E-state index contributed by atoms with van der Waals surface area (Å²) in [6, 6.07) is 30.4. The number of hydrogen-bond donors (Lipinski definition) is 0. The van der Waals surface area contributed by atoms with Gasteiger partial charge in [0.05, 0.1) is 10.8 Å². The van der Waals surface area contributed by atoms with Gasteiger partial charge in [0, 0.05) is 31.3 Å². The average molecular weight is 579 g/mol. The normalized spacial score (nSPS) is 13.6. The Morgan fingerprint density at radius 2 is 1.07 bits per heavy atom. The van der Waals surface area contributed by atoms with Gasteiger partial charge >= 0.3 is 11.9 Å². The van der Waals surface area contributed by atoms with Crippen molar-refractivity contribution >= 4 is 43.4 Å². The first-order valence-electron chi connectivity index (χ1n) is 14.3. The summed E-state index contributed by atoms with van der Waals surface area (Å²) in [6.45, 7) is 13.1. The van der Waals surface area contributed by atoms with Crippen LogP contribution in [0.5, 0.6) is 0 Å². The molecule has 0 saturated carbocycles. The quantitative estimate of drug-likeness (QED) is 0.188. The summed E-state index contributed by atoms with van der Waals surface area (Å²) >= 11 is 1.75. The lowest BCUT2D eigenvalue weighted by molar-refractivity contribution is -0.159. The molecule has 1 heterocycles. The number of benzene rings is 4. The first-order valence-corrected chi connectivity index (χ1v) is 15.1. The molecule has 0 aliphatic rings. The molecule has 0 aliphatic heterocycles. The van der Waals surface area contributed by atoms with Crippen molar-refractivity contribution in [2.45, 2.75) is 60.7 Å². The second-order valence-corrected chi connectivity index (χ2v) is 14.0. The predicted octanol–water partition coefficient (Wildman–Crippen LogP) is 9.72. The molecule has 4 nitrogen and oxygen atoms in total. The molecule has 0 aliphatic carbocycles. The highest BCUT2D eigenvalue weighted by Gasteiger charge is 2.33. The van der Waals surface area contributed by atoms with Gasteiger partial charge in [0.2, 0.25) is 0 Å². The van der Waals surface area contributed by atoms with Crippen LogP contribution in [0.25, 0.3) is 20.2 Å². The summed E-state index contributed by atoms with van der Waals surface area (Å²) in [5.41, 5.74) is 2.98. The van der Waals surface area contributed by atoms with Gasteiger partial charge in [-0.25, -0.2) is 0 Å². The Morgan fingerprint density at radius 1 is 0.595 bits per heavy atom. The zero-order chi connectivity index (χ0) is 30.2. The van der Waals surface area contributed by atoms with E-state index >= 15 is 0 Å². The van der Waals surface area contributed by atoms with Crippen LogP contribution in [0.2, 0.25) is 0 Å². The van der Waals surface area contributed by atoms with Crippen LogP contribution in [0.4, 0.5) is 0 Å². The Kier molecular flexibility index (Phi) is 8.00. The number of hydrogen-bond acceptors (Lipinski definition) is 5. The summed E-state index contributed by atoms with van der Waals surface area (Å²) in [5.74, 6) is -0.617. The summed E-state index contributed by atoms with van der Waals surface area (Å²) in [4.78, 5) is 26.7. The van der Waals surface area contributed by atoms with Crippen molar-refractivity contribution in [3.63, 3.8) is 0 Å². The molecule has 4 aromatic carbocycles. The monoisotopic (exact) mass is 578 g/mol. The molecule has 0 N–H and O–H groups in total. The van der Waals surface area contributed by atoms with E-state index in [9.17, 15) is 9.59 Å². The van der Waals surface area contributed by atoms with Gasteiger partial charge in [-0.3, -0.25) is 9.59 Å². The van der Waals surface area contributed by atoms with E-state index < -0.39 is 23.0 Å². The molecule has 0 fully saturated rings. The molecule has 5 aromatic rings. The number of rotatable bonds is 6.